The Morgan fingerprint density at radius 1 is 1.34 bits per heavy atom. The first-order valence-corrected chi connectivity index (χ1v) is 16.3. The van der Waals surface area contributed by atoms with E-state index in [1.54, 1.807) is 17.2 Å². The summed E-state index contributed by atoms with van der Waals surface area (Å²) in [6.45, 7) is 12.3. The fraction of sp³-hybridized carbons (Fsp3) is 0.517. The number of fused-ring (bicyclic) bond motifs is 3. The van der Waals surface area contributed by atoms with Crippen LogP contribution < -0.4 is 26.0 Å². The molecule has 44 heavy (non-hydrogen) atoms. The van der Waals surface area contributed by atoms with Crippen LogP contribution in [0.15, 0.2) is 18.3 Å². The normalized spacial score (nSPS) is 23.9. The predicted octanol–water partition coefficient (Wildman–Crippen LogP) is 3.73. The third kappa shape index (κ3) is 4.65. The van der Waals surface area contributed by atoms with Crippen molar-refractivity contribution in [3.63, 3.8) is 0 Å². The molecule has 4 aliphatic heterocycles. The van der Waals surface area contributed by atoms with Gasteiger partial charge in [-0.15, -0.1) is 23.1 Å². The molecule has 7 rings (SSSR count). The second kappa shape index (κ2) is 10.9. The molecule has 12 nitrogen and oxygen atoms in total. The van der Waals surface area contributed by atoms with Crippen LogP contribution in [0.4, 0.5) is 27.1 Å². The van der Waals surface area contributed by atoms with E-state index in [4.69, 9.17) is 37.7 Å². The van der Waals surface area contributed by atoms with Crippen LogP contribution >= 0.6 is 23.1 Å². The Bertz CT molecular complexity index is 1680. The number of nitrogen functional groups attached to an aromatic ring is 2. The Labute approximate surface area is 263 Å². The highest BCUT2D eigenvalue weighted by atomic mass is 32.2. The first kappa shape index (κ1) is 28.8. The van der Waals surface area contributed by atoms with E-state index in [1.165, 1.54) is 11.3 Å². The number of nitriles is 1. The van der Waals surface area contributed by atoms with Gasteiger partial charge in [-0.2, -0.15) is 20.2 Å². The second-order valence-corrected chi connectivity index (χ2v) is 14.4. The van der Waals surface area contributed by atoms with Crippen LogP contribution in [0.25, 0.3) is 4.85 Å². The van der Waals surface area contributed by atoms with Gasteiger partial charge in [0.1, 0.15) is 29.7 Å². The molecule has 0 bridgehead atoms. The van der Waals surface area contributed by atoms with Crippen molar-refractivity contribution >= 4 is 45.8 Å². The lowest BCUT2D eigenvalue weighted by atomic mass is 9.88. The first-order valence-electron chi connectivity index (χ1n) is 14.5. The summed E-state index contributed by atoms with van der Waals surface area (Å²) in [5.41, 5.74) is 14.4. The lowest BCUT2D eigenvalue weighted by Crippen LogP contribution is -2.57. The number of aromatic nitrogens is 4. The van der Waals surface area contributed by atoms with Gasteiger partial charge in [0.25, 0.3) is 6.67 Å². The molecule has 0 unspecified atom stereocenters. The van der Waals surface area contributed by atoms with Crippen molar-refractivity contribution in [3.8, 4) is 12.1 Å². The molecule has 1 spiro atoms. The zero-order chi connectivity index (χ0) is 30.6. The average molecular weight is 634 g/mol. The van der Waals surface area contributed by atoms with Gasteiger partial charge < -0.3 is 21.1 Å². The highest BCUT2D eigenvalue weighted by Gasteiger charge is 2.53. The first-order chi connectivity index (χ1) is 21.3. The summed E-state index contributed by atoms with van der Waals surface area (Å²) < 4.78 is 20.5. The van der Waals surface area contributed by atoms with Gasteiger partial charge in [-0.1, -0.05) is 6.07 Å². The lowest BCUT2D eigenvalue weighted by molar-refractivity contribution is 0.107. The average Bonchev–Trinajstić information content (AvgIpc) is 3.72. The van der Waals surface area contributed by atoms with Crippen molar-refractivity contribution in [2.24, 2.45) is 0 Å². The number of thioether (sulfide) groups is 1. The summed E-state index contributed by atoms with van der Waals surface area (Å²) in [6.07, 6.45) is 3.04. The summed E-state index contributed by atoms with van der Waals surface area (Å²) in [4.78, 5) is 29.3. The van der Waals surface area contributed by atoms with E-state index in [0.29, 0.717) is 48.4 Å². The maximum absolute atomic E-state index is 14.5. The van der Waals surface area contributed by atoms with Crippen LogP contribution in [0.3, 0.4) is 0 Å². The molecule has 3 aromatic heterocycles. The Morgan fingerprint density at radius 2 is 2.18 bits per heavy atom. The molecule has 0 amide bonds. The standard InChI is InChI=1S/C29H32FN11OS2/c1-17(19-5-3-7-35-23(19)32)41(16-34-2)26-36-25(37-27(38-26)42-15-28-6-4-8-40(28)11-18(30)9-28)39-13-29(14-39)22-20(10-31)24(33)44-21(22)12-43-29/h3,5,7,17-18H,4,6,8-9,11-16,33H2,1H3,(H2,32,35)/t17-,18-,28+/m1/s1. The maximum atomic E-state index is 14.5. The zero-order valence-corrected chi connectivity index (χ0v) is 25.9. The summed E-state index contributed by atoms with van der Waals surface area (Å²) in [7, 11) is 0. The number of hydrogen-bond donors (Lipinski definition) is 2. The van der Waals surface area contributed by atoms with Crippen LogP contribution in [0.2, 0.25) is 0 Å². The van der Waals surface area contributed by atoms with Gasteiger partial charge in [0.2, 0.25) is 11.9 Å². The highest BCUT2D eigenvalue weighted by Crippen LogP contribution is 2.57. The molecule has 228 valence electrons. The minimum Gasteiger partial charge on any atom is -0.461 e. The third-order valence-corrected chi connectivity index (χ3v) is 12.0. The Hall–Kier alpha value is -3.92. The van der Waals surface area contributed by atoms with E-state index < -0.39 is 6.17 Å². The van der Waals surface area contributed by atoms with Gasteiger partial charge in [0, 0.05) is 54.0 Å². The Balaban J connectivity index is 1.22. The topological polar surface area (TPSA) is 151 Å². The summed E-state index contributed by atoms with van der Waals surface area (Å²) >= 11 is 3.31. The summed E-state index contributed by atoms with van der Waals surface area (Å²) in [5, 5.41) is 10.4. The van der Waals surface area contributed by atoms with Gasteiger partial charge in [0.15, 0.2) is 0 Å². The SMILES string of the molecule is [C-]#[N+]CN(c1nc(OC[C@@]23CCCN2C[C@H](F)C3)nc(N2CC3(C2)SCc2sc(N)c(C#N)c23)n1)[C@H](C)c1cccnc1N. The smallest absolute Gasteiger partial charge is 0.323 e. The number of halogens is 1. The Kier molecular flexibility index (Phi) is 7.15. The number of nitrogens with two attached hydrogens (primary N) is 2. The van der Waals surface area contributed by atoms with E-state index in [1.807, 2.05) is 29.7 Å². The fourth-order valence-electron chi connectivity index (χ4n) is 7.13. The van der Waals surface area contributed by atoms with Gasteiger partial charge in [-0.25, -0.2) is 15.9 Å². The van der Waals surface area contributed by atoms with Gasteiger partial charge in [-0.05, 0) is 32.4 Å². The minimum atomic E-state index is -0.876. The molecule has 3 fully saturated rings. The quantitative estimate of drug-likeness (QED) is 0.348. The predicted molar refractivity (Wildman–Crippen MR) is 168 cm³/mol. The van der Waals surface area contributed by atoms with Crippen molar-refractivity contribution in [2.45, 2.75) is 54.4 Å². The molecule has 3 aromatic rings. The largest absolute Gasteiger partial charge is 0.461 e. The number of anilines is 4. The van der Waals surface area contributed by atoms with Crippen molar-refractivity contribution in [3.05, 3.63) is 51.3 Å². The van der Waals surface area contributed by atoms with E-state index >= 15 is 0 Å². The monoisotopic (exact) mass is 633 g/mol. The van der Waals surface area contributed by atoms with Gasteiger partial charge in [-0.3, -0.25) is 14.6 Å². The molecule has 3 atom stereocenters. The zero-order valence-electron chi connectivity index (χ0n) is 24.2. The lowest BCUT2D eigenvalue weighted by Gasteiger charge is -2.47. The van der Waals surface area contributed by atoms with Gasteiger partial charge in [0.05, 0.1) is 21.9 Å². The number of pyridine rings is 1. The number of hydrogen-bond acceptors (Lipinski definition) is 13. The molecule has 0 saturated carbocycles. The van der Waals surface area contributed by atoms with E-state index in [0.717, 1.165) is 41.1 Å². The van der Waals surface area contributed by atoms with Crippen LogP contribution in [0, 0.1) is 17.9 Å². The maximum Gasteiger partial charge on any atom is 0.323 e. The van der Waals surface area contributed by atoms with E-state index in [-0.39, 0.29) is 41.6 Å². The number of rotatable bonds is 8. The fourth-order valence-corrected chi connectivity index (χ4v) is 9.94. The molecule has 7 heterocycles. The third-order valence-electron chi connectivity index (χ3n) is 9.32. The minimum absolute atomic E-state index is 0.0253. The molecular formula is C29H32FN11OS2. The second-order valence-electron chi connectivity index (χ2n) is 11.9. The highest BCUT2D eigenvalue weighted by molar-refractivity contribution is 8.00. The Morgan fingerprint density at radius 3 is 2.95 bits per heavy atom. The van der Waals surface area contributed by atoms with Crippen molar-refractivity contribution in [1.82, 2.24) is 24.8 Å². The number of thiophene rings is 1. The molecular weight excluding hydrogens is 602 g/mol. The summed E-state index contributed by atoms with van der Waals surface area (Å²) in [6, 6.07) is 5.75. The molecule has 0 aromatic carbocycles. The molecule has 3 saturated heterocycles. The van der Waals surface area contributed by atoms with Crippen LogP contribution in [0.1, 0.15) is 53.8 Å². The van der Waals surface area contributed by atoms with Crippen molar-refractivity contribution in [2.75, 3.05) is 60.7 Å². The molecule has 0 radical (unpaired) electrons. The van der Waals surface area contributed by atoms with Gasteiger partial charge >= 0.3 is 6.01 Å². The number of ether oxygens (including phenoxy) is 1. The molecule has 4 aliphatic rings. The van der Waals surface area contributed by atoms with Crippen molar-refractivity contribution < 1.29 is 9.13 Å². The molecule has 15 heteroatoms. The number of alkyl halides is 1. The van der Waals surface area contributed by atoms with Crippen LogP contribution in [-0.4, -0.2) is 76.0 Å². The number of nitrogens with zero attached hydrogens (tertiary/aromatic N) is 9. The molecule has 4 N–H and O–H groups in total. The van der Waals surface area contributed by atoms with Crippen LogP contribution in [-0.2, 0) is 10.5 Å². The summed E-state index contributed by atoms with van der Waals surface area (Å²) in [5.74, 6) is 1.88. The van der Waals surface area contributed by atoms with Crippen LogP contribution in [0.5, 0.6) is 6.01 Å². The molecule has 0 aliphatic carbocycles. The van der Waals surface area contributed by atoms with E-state index in [9.17, 15) is 9.65 Å². The van der Waals surface area contributed by atoms with E-state index in [2.05, 4.69) is 20.8 Å². The van der Waals surface area contributed by atoms with Crippen molar-refractivity contribution in [1.29, 1.82) is 5.26 Å².